The first-order valence-corrected chi connectivity index (χ1v) is 7.28. The van der Waals surface area contributed by atoms with Gasteiger partial charge < -0.3 is 4.74 Å². The van der Waals surface area contributed by atoms with Gasteiger partial charge in [0.15, 0.2) is 17.4 Å². The Morgan fingerprint density at radius 1 is 1.12 bits per heavy atom. The van der Waals surface area contributed by atoms with Crippen molar-refractivity contribution in [2.24, 2.45) is 0 Å². The van der Waals surface area contributed by atoms with Crippen molar-refractivity contribution in [1.82, 2.24) is 19.7 Å². The molecule has 124 valence electrons. The number of rotatable bonds is 3. The Balaban J connectivity index is 1.89. The topological polar surface area (TPSA) is 72.8 Å². The summed E-state index contributed by atoms with van der Waals surface area (Å²) >= 11 is 0. The second kappa shape index (κ2) is 5.82. The maximum Gasteiger partial charge on any atom is 0.263 e. The summed E-state index contributed by atoms with van der Waals surface area (Å²) in [7, 11) is 0. The van der Waals surface area contributed by atoms with Crippen LogP contribution in [0.25, 0.3) is 16.9 Å². The first-order chi connectivity index (χ1) is 12.1. The maximum atomic E-state index is 14.7. The third-order valence-corrected chi connectivity index (χ3v) is 3.52. The van der Waals surface area contributed by atoms with Crippen molar-refractivity contribution in [1.29, 1.82) is 0 Å². The highest BCUT2D eigenvalue weighted by molar-refractivity contribution is 5.81. The molecule has 0 amide bonds. The van der Waals surface area contributed by atoms with Crippen LogP contribution in [0.5, 0.6) is 11.5 Å². The highest BCUT2D eigenvalue weighted by Gasteiger charge is 2.20. The summed E-state index contributed by atoms with van der Waals surface area (Å²) in [6.07, 6.45) is 3.03. The lowest BCUT2D eigenvalue weighted by molar-refractivity contribution is 0.410. The zero-order valence-corrected chi connectivity index (χ0v) is 12.6. The van der Waals surface area contributed by atoms with Crippen molar-refractivity contribution in [3.05, 3.63) is 76.8 Å². The average molecular weight is 340 g/mol. The molecule has 0 radical (unpaired) electrons. The van der Waals surface area contributed by atoms with Gasteiger partial charge in [-0.1, -0.05) is 18.2 Å². The van der Waals surface area contributed by atoms with E-state index in [1.807, 2.05) is 0 Å². The third kappa shape index (κ3) is 2.63. The first kappa shape index (κ1) is 15.0. The molecule has 4 rings (SSSR count). The Bertz CT molecular complexity index is 1110. The molecule has 0 aliphatic carbocycles. The van der Waals surface area contributed by atoms with Crippen LogP contribution in [0.2, 0.25) is 0 Å². The Morgan fingerprint density at radius 3 is 2.64 bits per heavy atom. The van der Waals surface area contributed by atoms with Crippen molar-refractivity contribution in [2.45, 2.75) is 0 Å². The van der Waals surface area contributed by atoms with Gasteiger partial charge in [-0.3, -0.25) is 9.78 Å². The fourth-order valence-electron chi connectivity index (χ4n) is 2.40. The van der Waals surface area contributed by atoms with E-state index in [-0.39, 0.29) is 22.6 Å². The van der Waals surface area contributed by atoms with Crippen molar-refractivity contribution in [2.75, 3.05) is 0 Å². The van der Waals surface area contributed by atoms with Gasteiger partial charge in [0.2, 0.25) is 5.95 Å². The SMILES string of the molecule is O=c1[nH]c(-n2cccn2)nc2cc(F)c(Oc3ccccc3)c(F)c12. The van der Waals surface area contributed by atoms with Gasteiger partial charge in [0, 0.05) is 18.5 Å². The van der Waals surface area contributed by atoms with Gasteiger partial charge in [-0.25, -0.2) is 18.4 Å². The second-order valence-corrected chi connectivity index (χ2v) is 5.15. The van der Waals surface area contributed by atoms with Crippen LogP contribution in [-0.2, 0) is 0 Å². The Labute approximate surface area is 139 Å². The largest absolute Gasteiger partial charge is 0.451 e. The van der Waals surface area contributed by atoms with E-state index in [0.717, 1.165) is 6.07 Å². The zero-order chi connectivity index (χ0) is 17.4. The van der Waals surface area contributed by atoms with E-state index in [9.17, 15) is 13.6 Å². The summed E-state index contributed by atoms with van der Waals surface area (Å²) < 4.78 is 35.6. The Morgan fingerprint density at radius 2 is 1.92 bits per heavy atom. The summed E-state index contributed by atoms with van der Waals surface area (Å²) in [5, 5.41) is 3.54. The van der Waals surface area contributed by atoms with Gasteiger partial charge in [0.05, 0.1) is 5.52 Å². The number of para-hydroxylation sites is 1. The summed E-state index contributed by atoms with van der Waals surface area (Å²) in [5.41, 5.74) is -0.893. The van der Waals surface area contributed by atoms with E-state index in [0.29, 0.717) is 0 Å². The Kier molecular flexibility index (Phi) is 3.50. The highest BCUT2D eigenvalue weighted by atomic mass is 19.1. The van der Waals surface area contributed by atoms with E-state index in [4.69, 9.17) is 4.74 Å². The third-order valence-electron chi connectivity index (χ3n) is 3.52. The fourth-order valence-corrected chi connectivity index (χ4v) is 2.40. The smallest absolute Gasteiger partial charge is 0.263 e. The standard InChI is InChI=1S/C17H10F2N4O2/c18-11-9-12-13(14(19)15(11)25-10-5-2-1-3-6-10)16(24)22-17(21-12)23-8-4-7-20-23/h1-9H,(H,21,22,24). The summed E-state index contributed by atoms with van der Waals surface area (Å²) in [6.45, 7) is 0. The van der Waals surface area contributed by atoms with Crippen LogP contribution in [0.3, 0.4) is 0 Å². The lowest BCUT2D eigenvalue weighted by Gasteiger charge is -2.10. The maximum absolute atomic E-state index is 14.7. The van der Waals surface area contributed by atoms with Crippen molar-refractivity contribution in [3.8, 4) is 17.4 Å². The normalized spacial score (nSPS) is 11.0. The molecule has 2 aromatic heterocycles. The number of halogens is 2. The van der Waals surface area contributed by atoms with Gasteiger partial charge in [-0.2, -0.15) is 5.10 Å². The van der Waals surface area contributed by atoms with Crippen LogP contribution in [0.15, 0.2) is 59.7 Å². The van der Waals surface area contributed by atoms with Crippen LogP contribution in [0, 0.1) is 11.6 Å². The van der Waals surface area contributed by atoms with Crippen LogP contribution >= 0.6 is 0 Å². The van der Waals surface area contributed by atoms with Gasteiger partial charge in [-0.15, -0.1) is 0 Å². The second-order valence-electron chi connectivity index (χ2n) is 5.15. The number of hydrogen-bond acceptors (Lipinski definition) is 4. The van der Waals surface area contributed by atoms with E-state index in [1.165, 1.54) is 10.9 Å². The van der Waals surface area contributed by atoms with Gasteiger partial charge in [-0.05, 0) is 18.2 Å². The predicted octanol–water partition coefficient (Wildman–Crippen LogP) is 3.18. The predicted molar refractivity (Wildman–Crippen MR) is 85.9 cm³/mol. The minimum absolute atomic E-state index is 0.0537. The summed E-state index contributed by atoms with van der Waals surface area (Å²) in [4.78, 5) is 18.8. The molecule has 0 saturated heterocycles. The quantitative estimate of drug-likeness (QED) is 0.622. The monoisotopic (exact) mass is 340 g/mol. The molecule has 2 aromatic carbocycles. The minimum atomic E-state index is -1.11. The number of fused-ring (bicyclic) bond motifs is 1. The number of aromatic nitrogens is 4. The first-order valence-electron chi connectivity index (χ1n) is 7.28. The molecule has 0 unspecified atom stereocenters. The van der Waals surface area contributed by atoms with Crippen molar-refractivity contribution in [3.63, 3.8) is 0 Å². The lowest BCUT2D eigenvalue weighted by Crippen LogP contribution is -2.15. The van der Waals surface area contributed by atoms with E-state index < -0.39 is 22.9 Å². The van der Waals surface area contributed by atoms with Gasteiger partial charge >= 0.3 is 0 Å². The van der Waals surface area contributed by atoms with Crippen LogP contribution < -0.4 is 10.3 Å². The van der Waals surface area contributed by atoms with Gasteiger partial charge in [0.1, 0.15) is 11.1 Å². The van der Waals surface area contributed by atoms with Crippen molar-refractivity contribution < 1.29 is 13.5 Å². The molecule has 6 nitrogen and oxygen atoms in total. The number of hydrogen-bond donors (Lipinski definition) is 1. The summed E-state index contributed by atoms with van der Waals surface area (Å²) in [6, 6.07) is 10.7. The molecular weight excluding hydrogens is 330 g/mol. The van der Waals surface area contributed by atoms with E-state index >= 15 is 0 Å². The van der Waals surface area contributed by atoms with Crippen molar-refractivity contribution >= 4 is 10.9 Å². The minimum Gasteiger partial charge on any atom is -0.451 e. The molecule has 0 aliphatic heterocycles. The van der Waals surface area contributed by atoms with E-state index in [1.54, 1.807) is 42.6 Å². The number of ether oxygens (including phenoxy) is 1. The number of benzene rings is 2. The molecule has 0 saturated carbocycles. The number of aromatic amines is 1. The molecule has 0 aliphatic rings. The average Bonchev–Trinajstić information content (AvgIpc) is 3.13. The number of nitrogens with zero attached hydrogens (tertiary/aromatic N) is 3. The molecular formula is C17H10F2N4O2. The molecule has 1 N–H and O–H groups in total. The van der Waals surface area contributed by atoms with Gasteiger partial charge in [0.25, 0.3) is 5.56 Å². The number of H-pyrrole nitrogens is 1. The molecule has 0 spiro atoms. The molecule has 25 heavy (non-hydrogen) atoms. The molecule has 2 heterocycles. The Hall–Kier alpha value is -3.55. The molecule has 0 fully saturated rings. The number of nitrogens with one attached hydrogen (secondary N) is 1. The fraction of sp³-hybridized carbons (Fsp3) is 0. The highest BCUT2D eigenvalue weighted by Crippen LogP contribution is 2.31. The zero-order valence-electron chi connectivity index (χ0n) is 12.6. The van der Waals surface area contributed by atoms with Crippen LogP contribution in [-0.4, -0.2) is 19.7 Å². The molecule has 8 heteroatoms. The molecule has 4 aromatic rings. The van der Waals surface area contributed by atoms with Crippen LogP contribution in [0.4, 0.5) is 8.78 Å². The van der Waals surface area contributed by atoms with Crippen LogP contribution in [0.1, 0.15) is 0 Å². The summed E-state index contributed by atoms with van der Waals surface area (Å²) in [5.74, 6) is -2.42. The molecule has 0 bridgehead atoms. The lowest BCUT2D eigenvalue weighted by atomic mass is 10.2. The molecule has 0 atom stereocenters. The van der Waals surface area contributed by atoms with E-state index in [2.05, 4.69) is 15.1 Å².